The van der Waals surface area contributed by atoms with Crippen molar-refractivity contribution in [2.75, 3.05) is 23.5 Å². The van der Waals surface area contributed by atoms with Crippen LogP contribution in [0.15, 0.2) is 18.2 Å². The Balaban J connectivity index is 2.15. The second-order valence-electron chi connectivity index (χ2n) is 3.92. The van der Waals surface area contributed by atoms with E-state index in [2.05, 4.69) is 5.32 Å². The first kappa shape index (κ1) is 14.3. The minimum Gasteiger partial charge on any atom is -0.314 e. The maximum atomic E-state index is 12.7. The van der Waals surface area contributed by atoms with E-state index in [-0.39, 0.29) is 10.7 Å². The molecular weight excluding hydrogens is 301 g/mol. The fraction of sp³-hybridized carbons (Fsp3) is 0.364. The highest BCUT2D eigenvalue weighted by Crippen LogP contribution is 2.36. The lowest BCUT2D eigenvalue weighted by molar-refractivity contribution is -0.137. The van der Waals surface area contributed by atoms with Crippen molar-refractivity contribution in [3.05, 3.63) is 28.8 Å². The summed E-state index contributed by atoms with van der Waals surface area (Å²) in [6.45, 7) is 0.593. The molecule has 0 bridgehead atoms. The molecule has 0 aromatic heterocycles. The number of alkyl halides is 3. The molecule has 0 saturated carbocycles. The quantitative estimate of drug-likeness (QED) is 0.853. The third kappa shape index (κ3) is 3.48. The monoisotopic (exact) mass is 310 g/mol. The Morgan fingerprint density at radius 2 is 2.16 bits per heavy atom. The summed E-state index contributed by atoms with van der Waals surface area (Å²) in [6.07, 6.45) is -4.54. The number of hydrogen-bond acceptors (Lipinski definition) is 2. The van der Waals surface area contributed by atoms with Crippen LogP contribution in [0.4, 0.5) is 23.7 Å². The van der Waals surface area contributed by atoms with Crippen LogP contribution >= 0.6 is 23.4 Å². The zero-order valence-corrected chi connectivity index (χ0v) is 11.2. The fourth-order valence-electron chi connectivity index (χ4n) is 1.60. The van der Waals surface area contributed by atoms with Crippen molar-refractivity contribution in [3.63, 3.8) is 0 Å². The van der Waals surface area contributed by atoms with E-state index in [1.807, 2.05) is 0 Å². The second-order valence-corrected chi connectivity index (χ2v) is 5.41. The molecule has 2 amide bonds. The molecule has 3 nitrogen and oxygen atoms in total. The average Bonchev–Trinajstić information content (AvgIpc) is 2.83. The zero-order valence-electron chi connectivity index (χ0n) is 9.63. The average molecular weight is 311 g/mol. The minimum atomic E-state index is -4.54. The van der Waals surface area contributed by atoms with Gasteiger partial charge in [0, 0.05) is 18.0 Å². The Morgan fingerprint density at radius 1 is 1.42 bits per heavy atom. The van der Waals surface area contributed by atoms with Gasteiger partial charge in [-0.2, -0.15) is 13.2 Å². The van der Waals surface area contributed by atoms with E-state index >= 15 is 0 Å². The summed E-state index contributed by atoms with van der Waals surface area (Å²) in [5, 5.41) is 2.05. The van der Waals surface area contributed by atoms with Gasteiger partial charge in [0.15, 0.2) is 0 Å². The first-order chi connectivity index (χ1) is 8.88. The van der Waals surface area contributed by atoms with E-state index < -0.39 is 17.8 Å². The number of rotatable bonds is 1. The summed E-state index contributed by atoms with van der Waals surface area (Å²) in [4.78, 5) is 13.3. The molecule has 104 valence electrons. The van der Waals surface area contributed by atoms with Gasteiger partial charge in [0.1, 0.15) is 0 Å². The van der Waals surface area contributed by atoms with Crippen molar-refractivity contribution in [1.29, 1.82) is 0 Å². The normalized spacial score (nSPS) is 15.7. The Kier molecular flexibility index (Phi) is 4.15. The number of carbonyl (C=O) groups is 1. The molecule has 0 radical (unpaired) electrons. The number of urea groups is 1. The van der Waals surface area contributed by atoms with Gasteiger partial charge in [-0.25, -0.2) is 4.79 Å². The summed E-state index contributed by atoms with van der Waals surface area (Å²) < 4.78 is 38.0. The van der Waals surface area contributed by atoms with Crippen LogP contribution in [0.1, 0.15) is 5.56 Å². The predicted molar refractivity (Wildman–Crippen MR) is 69.5 cm³/mol. The summed E-state index contributed by atoms with van der Waals surface area (Å²) in [7, 11) is 0. The number of nitrogens with one attached hydrogen (secondary N) is 1. The molecule has 1 saturated heterocycles. The van der Waals surface area contributed by atoms with E-state index in [0.29, 0.717) is 12.4 Å². The third-order valence-electron chi connectivity index (χ3n) is 2.56. The number of nitrogens with zero attached hydrogens (tertiary/aromatic N) is 1. The Bertz CT molecular complexity index is 489. The van der Waals surface area contributed by atoms with Gasteiger partial charge in [-0.1, -0.05) is 11.6 Å². The molecule has 1 aromatic carbocycles. The summed E-state index contributed by atoms with van der Waals surface area (Å²) in [5.74, 6) is 1.38. The number of anilines is 1. The van der Waals surface area contributed by atoms with Crippen LogP contribution in [0.3, 0.4) is 0 Å². The second kappa shape index (κ2) is 5.50. The van der Waals surface area contributed by atoms with Gasteiger partial charge in [0.25, 0.3) is 0 Å². The molecule has 19 heavy (non-hydrogen) atoms. The number of hydrogen-bond donors (Lipinski definition) is 1. The van der Waals surface area contributed by atoms with Crippen molar-refractivity contribution < 1.29 is 18.0 Å². The maximum Gasteiger partial charge on any atom is 0.417 e. The van der Waals surface area contributed by atoms with Crippen molar-refractivity contribution >= 4 is 35.1 Å². The van der Waals surface area contributed by atoms with Crippen LogP contribution < -0.4 is 5.32 Å². The molecular formula is C11H10ClF3N2OS. The molecule has 0 atom stereocenters. The molecule has 1 fully saturated rings. The summed E-state index contributed by atoms with van der Waals surface area (Å²) in [5.41, 5.74) is -0.874. The molecule has 8 heteroatoms. The van der Waals surface area contributed by atoms with Crippen molar-refractivity contribution in [2.24, 2.45) is 0 Å². The number of carbonyl (C=O) groups excluding carboxylic acids is 1. The molecule has 1 heterocycles. The SMILES string of the molecule is O=C(Nc1ccc(Cl)c(C(F)(F)F)c1)N1CCSC1. The van der Waals surface area contributed by atoms with E-state index in [0.717, 1.165) is 17.9 Å². The molecule has 1 aromatic rings. The van der Waals surface area contributed by atoms with E-state index in [1.165, 1.54) is 11.0 Å². The van der Waals surface area contributed by atoms with Gasteiger partial charge < -0.3 is 10.2 Å². The number of benzene rings is 1. The number of amides is 2. The molecule has 1 aliphatic heterocycles. The van der Waals surface area contributed by atoms with Crippen LogP contribution in [0.25, 0.3) is 0 Å². The molecule has 0 aliphatic carbocycles. The summed E-state index contributed by atoms with van der Waals surface area (Å²) in [6, 6.07) is 2.90. The first-order valence-electron chi connectivity index (χ1n) is 5.38. The Hall–Kier alpha value is -1.08. The van der Waals surface area contributed by atoms with Crippen molar-refractivity contribution in [3.8, 4) is 0 Å². The molecule has 0 spiro atoms. The maximum absolute atomic E-state index is 12.7. The van der Waals surface area contributed by atoms with Crippen LogP contribution in [0.5, 0.6) is 0 Å². The fourth-order valence-corrected chi connectivity index (χ4v) is 2.77. The summed E-state index contributed by atoms with van der Waals surface area (Å²) >= 11 is 7.09. The highest BCUT2D eigenvalue weighted by molar-refractivity contribution is 7.99. The predicted octanol–water partition coefficient (Wildman–Crippen LogP) is 3.90. The highest BCUT2D eigenvalue weighted by Gasteiger charge is 2.33. The molecule has 0 unspecified atom stereocenters. The molecule has 1 aliphatic rings. The van der Waals surface area contributed by atoms with Crippen LogP contribution in [0, 0.1) is 0 Å². The van der Waals surface area contributed by atoms with E-state index in [1.54, 1.807) is 11.8 Å². The van der Waals surface area contributed by atoms with Crippen LogP contribution in [0.2, 0.25) is 5.02 Å². The van der Waals surface area contributed by atoms with E-state index in [9.17, 15) is 18.0 Å². The van der Waals surface area contributed by atoms with Gasteiger partial charge >= 0.3 is 12.2 Å². The van der Waals surface area contributed by atoms with Crippen molar-refractivity contribution in [2.45, 2.75) is 6.18 Å². The Labute approximate surface area is 117 Å². The lowest BCUT2D eigenvalue weighted by Crippen LogP contribution is -2.32. The third-order valence-corrected chi connectivity index (χ3v) is 3.86. The van der Waals surface area contributed by atoms with Crippen molar-refractivity contribution in [1.82, 2.24) is 4.90 Å². The lowest BCUT2D eigenvalue weighted by Gasteiger charge is -2.16. The van der Waals surface area contributed by atoms with Crippen LogP contribution in [-0.2, 0) is 6.18 Å². The minimum absolute atomic E-state index is 0.0821. The van der Waals surface area contributed by atoms with Gasteiger partial charge in [-0.15, -0.1) is 11.8 Å². The lowest BCUT2D eigenvalue weighted by atomic mass is 10.2. The molecule has 1 N–H and O–H groups in total. The highest BCUT2D eigenvalue weighted by atomic mass is 35.5. The van der Waals surface area contributed by atoms with Gasteiger partial charge in [0.05, 0.1) is 16.5 Å². The van der Waals surface area contributed by atoms with E-state index in [4.69, 9.17) is 11.6 Å². The zero-order chi connectivity index (χ0) is 14.0. The van der Waals surface area contributed by atoms with Gasteiger partial charge in [0.2, 0.25) is 0 Å². The molecule has 2 rings (SSSR count). The topological polar surface area (TPSA) is 32.3 Å². The van der Waals surface area contributed by atoms with Gasteiger partial charge in [-0.3, -0.25) is 0 Å². The number of thioether (sulfide) groups is 1. The smallest absolute Gasteiger partial charge is 0.314 e. The Morgan fingerprint density at radius 3 is 2.74 bits per heavy atom. The largest absolute Gasteiger partial charge is 0.417 e. The van der Waals surface area contributed by atoms with Gasteiger partial charge in [-0.05, 0) is 18.2 Å². The standard InChI is InChI=1S/C11H10ClF3N2OS/c12-9-2-1-7(5-8(9)11(13,14)15)16-10(18)17-3-4-19-6-17/h1-2,5H,3-4,6H2,(H,16,18). The number of halogens is 4. The first-order valence-corrected chi connectivity index (χ1v) is 6.91. The van der Waals surface area contributed by atoms with Crippen LogP contribution in [-0.4, -0.2) is 29.1 Å².